The Hall–Kier alpha value is -0.560. The largest absolute Gasteiger partial charge is 0.396 e. The van der Waals surface area contributed by atoms with Gasteiger partial charge in [0.1, 0.15) is 0 Å². The molecule has 1 nitrogen and oxygen atoms in total. The molecule has 0 radical (unpaired) electrons. The molecule has 0 saturated carbocycles. The van der Waals surface area contributed by atoms with Crippen LogP contribution >= 0.6 is 0 Å². The molecule has 0 bridgehead atoms. The van der Waals surface area contributed by atoms with Gasteiger partial charge in [-0.25, -0.2) is 0 Å². The van der Waals surface area contributed by atoms with E-state index in [1.54, 1.807) is 0 Å². The molecule has 0 aromatic rings. The molecular formula is C10H18O. The molecule has 0 aromatic heterocycles. The number of allylic oxidation sites excluding steroid dienone is 2. The highest BCUT2D eigenvalue weighted by Crippen LogP contribution is 2.18. The molecule has 0 aliphatic rings. The van der Waals surface area contributed by atoms with Crippen LogP contribution in [-0.4, -0.2) is 11.7 Å². The third-order valence-corrected chi connectivity index (χ3v) is 1.89. The summed E-state index contributed by atoms with van der Waals surface area (Å²) in [7, 11) is 0. The van der Waals surface area contributed by atoms with Crippen molar-refractivity contribution in [1.82, 2.24) is 0 Å². The average Bonchev–Trinajstić information content (AvgIpc) is 1.97. The van der Waals surface area contributed by atoms with E-state index in [1.165, 1.54) is 5.57 Å². The number of hydrogen-bond donors (Lipinski definition) is 1. The Morgan fingerprint density at radius 1 is 1.55 bits per heavy atom. The molecule has 0 saturated heterocycles. The van der Waals surface area contributed by atoms with Gasteiger partial charge in [-0.3, -0.25) is 0 Å². The second-order valence-corrected chi connectivity index (χ2v) is 2.92. The zero-order chi connectivity index (χ0) is 8.69. The number of rotatable bonds is 6. The van der Waals surface area contributed by atoms with Crippen molar-refractivity contribution in [3.8, 4) is 0 Å². The van der Waals surface area contributed by atoms with Crippen molar-refractivity contribution >= 4 is 0 Å². The maximum absolute atomic E-state index is 8.72. The first-order valence-corrected chi connectivity index (χ1v) is 4.09. The van der Waals surface area contributed by atoms with Gasteiger partial charge >= 0.3 is 0 Å². The van der Waals surface area contributed by atoms with Gasteiger partial charge in [0, 0.05) is 6.61 Å². The molecule has 0 aromatic carbocycles. The summed E-state index contributed by atoms with van der Waals surface area (Å²) >= 11 is 0. The van der Waals surface area contributed by atoms with Crippen molar-refractivity contribution in [3.63, 3.8) is 0 Å². The van der Waals surface area contributed by atoms with Gasteiger partial charge in [0.2, 0.25) is 0 Å². The van der Waals surface area contributed by atoms with Crippen molar-refractivity contribution in [2.75, 3.05) is 6.61 Å². The number of aliphatic hydroxyl groups is 1. The summed E-state index contributed by atoms with van der Waals surface area (Å²) < 4.78 is 0. The van der Waals surface area contributed by atoms with Gasteiger partial charge in [-0.1, -0.05) is 18.2 Å². The highest BCUT2D eigenvalue weighted by atomic mass is 16.3. The summed E-state index contributed by atoms with van der Waals surface area (Å²) in [5.41, 5.74) is 1.17. The molecule has 0 aliphatic heterocycles. The monoisotopic (exact) mass is 154 g/mol. The van der Waals surface area contributed by atoms with Crippen LogP contribution in [0.15, 0.2) is 24.8 Å². The van der Waals surface area contributed by atoms with E-state index in [0.29, 0.717) is 5.92 Å². The predicted octanol–water partition coefficient (Wildman–Crippen LogP) is 2.53. The Morgan fingerprint density at radius 3 is 2.55 bits per heavy atom. The molecule has 1 unspecified atom stereocenters. The van der Waals surface area contributed by atoms with Crippen LogP contribution in [0.5, 0.6) is 0 Å². The lowest BCUT2D eigenvalue weighted by molar-refractivity contribution is 0.263. The molecule has 11 heavy (non-hydrogen) atoms. The highest BCUT2D eigenvalue weighted by molar-refractivity contribution is 4.96. The van der Waals surface area contributed by atoms with Crippen LogP contribution in [0.1, 0.15) is 26.2 Å². The zero-order valence-corrected chi connectivity index (χ0v) is 7.34. The fraction of sp³-hybridized carbons (Fsp3) is 0.600. The van der Waals surface area contributed by atoms with Crippen LogP contribution in [0.2, 0.25) is 0 Å². The van der Waals surface area contributed by atoms with Crippen molar-refractivity contribution in [2.45, 2.75) is 26.2 Å². The lowest BCUT2D eigenvalue weighted by atomic mass is 9.93. The summed E-state index contributed by atoms with van der Waals surface area (Å²) in [6, 6.07) is 0. The van der Waals surface area contributed by atoms with Gasteiger partial charge in [0.15, 0.2) is 0 Å². The zero-order valence-electron chi connectivity index (χ0n) is 7.34. The van der Waals surface area contributed by atoms with Crippen molar-refractivity contribution in [2.24, 2.45) is 5.92 Å². The van der Waals surface area contributed by atoms with E-state index < -0.39 is 0 Å². The van der Waals surface area contributed by atoms with Gasteiger partial charge in [-0.2, -0.15) is 0 Å². The molecule has 0 amide bonds. The summed E-state index contributed by atoms with van der Waals surface area (Å²) in [5.74, 6) is 0.470. The van der Waals surface area contributed by atoms with E-state index in [0.717, 1.165) is 19.3 Å². The average molecular weight is 154 g/mol. The van der Waals surface area contributed by atoms with E-state index in [9.17, 15) is 0 Å². The van der Waals surface area contributed by atoms with Gasteiger partial charge < -0.3 is 5.11 Å². The smallest absolute Gasteiger partial charge is 0.0436 e. The van der Waals surface area contributed by atoms with E-state index in [1.807, 2.05) is 13.0 Å². The summed E-state index contributed by atoms with van der Waals surface area (Å²) in [4.78, 5) is 0. The minimum absolute atomic E-state index is 0.259. The van der Waals surface area contributed by atoms with Gasteiger partial charge in [-0.05, 0) is 32.1 Å². The predicted molar refractivity (Wildman–Crippen MR) is 49.4 cm³/mol. The van der Waals surface area contributed by atoms with E-state index in [4.69, 9.17) is 5.11 Å². The van der Waals surface area contributed by atoms with Gasteiger partial charge in [0.25, 0.3) is 0 Å². The Morgan fingerprint density at radius 2 is 2.18 bits per heavy atom. The maximum atomic E-state index is 8.72. The number of hydrogen-bond acceptors (Lipinski definition) is 1. The van der Waals surface area contributed by atoms with Crippen molar-refractivity contribution in [1.29, 1.82) is 0 Å². The fourth-order valence-electron chi connectivity index (χ4n) is 1.11. The quantitative estimate of drug-likeness (QED) is 0.583. The Bertz CT molecular complexity index is 127. The van der Waals surface area contributed by atoms with E-state index in [2.05, 4.69) is 13.2 Å². The minimum Gasteiger partial charge on any atom is -0.396 e. The molecule has 1 heteroatoms. The Balaban J connectivity index is 3.68. The Labute approximate surface area is 69.4 Å². The summed E-state index contributed by atoms with van der Waals surface area (Å²) in [6.45, 7) is 9.82. The normalized spacial score (nSPS) is 12.5. The third-order valence-electron chi connectivity index (χ3n) is 1.89. The van der Waals surface area contributed by atoms with Crippen molar-refractivity contribution in [3.05, 3.63) is 24.8 Å². The van der Waals surface area contributed by atoms with Crippen molar-refractivity contribution < 1.29 is 5.11 Å². The molecule has 0 aliphatic carbocycles. The van der Waals surface area contributed by atoms with Crippen LogP contribution < -0.4 is 0 Å². The van der Waals surface area contributed by atoms with Crippen LogP contribution in [-0.2, 0) is 0 Å². The van der Waals surface area contributed by atoms with E-state index >= 15 is 0 Å². The second kappa shape index (κ2) is 6.17. The number of aliphatic hydroxyl groups excluding tert-OH is 1. The SMILES string of the molecule is C=CCCC(CCO)C(=C)C. The van der Waals surface area contributed by atoms with Crippen LogP contribution in [0.25, 0.3) is 0 Å². The lowest BCUT2D eigenvalue weighted by Gasteiger charge is -2.13. The molecule has 0 rings (SSSR count). The summed E-state index contributed by atoms with van der Waals surface area (Å²) in [6.07, 6.45) is 4.83. The summed E-state index contributed by atoms with van der Waals surface area (Å²) in [5, 5.41) is 8.72. The minimum atomic E-state index is 0.259. The first kappa shape index (κ1) is 10.4. The highest BCUT2D eigenvalue weighted by Gasteiger charge is 2.06. The maximum Gasteiger partial charge on any atom is 0.0436 e. The van der Waals surface area contributed by atoms with E-state index in [-0.39, 0.29) is 6.61 Å². The van der Waals surface area contributed by atoms with Crippen LogP contribution in [0, 0.1) is 5.92 Å². The van der Waals surface area contributed by atoms with Gasteiger partial charge in [-0.15, -0.1) is 6.58 Å². The molecule has 64 valence electrons. The van der Waals surface area contributed by atoms with Gasteiger partial charge in [0.05, 0.1) is 0 Å². The first-order valence-electron chi connectivity index (χ1n) is 4.09. The molecule has 1 atom stereocenters. The van der Waals surface area contributed by atoms with Crippen LogP contribution in [0.4, 0.5) is 0 Å². The third kappa shape index (κ3) is 4.79. The lowest BCUT2D eigenvalue weighted by Crippen LogP contribution is -2.03. The topological polar surface area (TPSA) is 20.2 Å². The molecule has 0 fully saturated rings. The molecule has 1 N–H and O–H groups in total. The first-order chi connectivity index (χ1) is 5.22. The Kier molecular flexibility index (Phi) is 5.86. The molecule has 0 heterocycles. The second-order valence-electron chi connectivity index (χ2n) is 2.92. The fourth-order valence-corrected chi connectivity index (χ4v) is 1.11. The standard InChI is InChI=1S/C10H18O/c1-4-5-6-10(7-8-11)9(2)3/h4,10-11H,1-2,5-8H2,3H3. The molecular weight excluding hydrogens is 136 g/mol. The molecule has 0 spiro atoms. The van der Waals surface area contributed by atoms with Crippen LogP contribution in [0.3, 0.4) is 0 Å².